The first-order chi connectivity index (χ1) is 5.34. The Kier molecular flexibility index (Phi) is 6.93. The second-order valence-corrected chi connectivity index (χ2v) is 1.92. The van der Waals surface area contributed by atoms with Crippen molar-refractivity contribution in [3.8, 4) is 0 Å². The van der Waals surface area contributed by atoms with Crippen molar-refractivity contribution in [2.45, 2.75) is 0 Å². The van der Waals surface area contributed by atoms with E-state index in [1.54, 1.807) is 30.3 Å². The fourth-order valence-corrected chi connectivity index (χ4v) is 0.711. The summed E-state index contributed by atoms with van der Waals surface area (Å²) >= 11 is 0. The smallest absolute Gasteiger partial charge is 0.824 e. The third-order valence-corrected chi connectivity index (χ3v) is 1.20. The first-order valence-corrected chi connectivity index (χ1v) is 3.15. The molecule has 1 rings (SSSR count). The fourth-order valence-electron chi connectivity index (χ4n) is 0.711. The summed E-state index contributed by atoms with van der Waals surface area (Å²) in [4.78, 5) is 10.8. The Labute approximate surface area is 113 Å². The topological polar surface area (TPSA) is 49.4 Å². The van der Waals surface area contributed by atoms with Crippen molar-refractivity contribution in [2.75, 3.05) is 6.79 Å². The predicted molar refractivity (Wildman–Crippen MR) is 36.7 cm³/mol. The maximum atomic E-state index is 10.8. The Balaban J connectivity index is 0.00000121. The molecule has 0 bridgehead atoms. The number of carbonyl (C=O) groups is 1. The number of carbonyl (C=O) groups excluding carboxylic acids is 1. The summed E-state index contributed by atoms with van der Waals surface area (Å²) in [5.74, 6) is -0.569. The summed E-state index contributed by atoms with van der Waals surface area (Å²) in [6, 6.07) is 8.40. The molecule has 0 fully saturated rings. The molecule has 3 nitrogen and oxygen atoms in total. The molecular formula is C8H7KO3. The van der Waals surface area contributed by atoms with E-state index in [-0.39, 0.29) is 51.4 Å². The Morgan fingerprint density at radius 3 is 2.42 bits per heavy atom. The summed E-state index contributed by atoms with van der Waals surface area (Å²) in [6.07, 6.45) is 0. The van der Waals surface area contributed by atoms with E-state index in [0.717, 1.165) is 0 Å². The maximum absolute atomic E-state index is 10.8. The minimum Gasteiger partial charge on any atom is -0.824 e. The average molecular weight is 190 g/mol. The van der Waals surface area contributed by atoms with Crippen molar-refractivity contribution >= 4 is 5.97 Å². The van der Waals surface area contributed by atoms with Crippen LogP contribution >= 0.6 is 0 Å². The summed E-state index contributed by atoms with van der Waals surface area (Å²) in [7, 11) is 0. The van der Waals surface area contributed by atoms with Gasteiger partial charge in [-0.1, -0.05) is 18.2 Å². The minimum atomic E-state index is -0.826. The van der Waals surface area contributed by atoms with Gasteiger partial charge in [0.25, 0.3) is 0 Å². The maximum Gasteiger partial charge on any atom is 1.00 e. The summed E-state index contributed by atoms with van der Waals surface area (Å²) in [6.45, 7) is -0.826. The van der Waals surface area contributed by atoms with Crippen LogP contribution in [-0.2, 0) is 4.74 Å². The van der Waals surface area contributed by atoms with Gasteiger partial charge in [-0.25, -0.2) is 4.79 Å². The quantitative estimate of drug-likeness (QED) is 0.287. The van der Waals surface area contributed by atoms with Crippen molar-refractivity contribution in [2.24, 2.45) is 0 Å². The number of hydrogen-bond acceptors (Lipinski definition) is 3. The molecule has 1 aromatic carbocycles. The summed E-state index contributed by atoms with van der Waals surface area (Å²) in [5, 5.41) is 9.87. The number of rotatable bonds is 2. The Bertz CT molecular complexity index is 235. The molecule has 0 unspecified atom stereocenters. The number of ether oxygens (including phenoxy) is 1. The van der Waals surface area contributed by atoms with Gasteiger partial charge in [-0.2, -0.15) is 0 Å². The van der Waals surface area contributed by atoms with Crippen LogP contribution in [0.4, 0.5) is 0 Å². The van der Waals surface area contributed by atoms with Gasteiger partial charge in [0, 0.05) is 6.79 Å². The van der Waals surface area contributed by atoms with Gasteiger partial charge in [0.2, 0.25) is 0 Å². The Morgan fingerprint density at radius 2 is 1.92 bits per heavy atom. The van der Waals surface area contributed by atoms with Crippen molar-refractivity contribution in [1.82, 2.24) is 0 Å². The first kappa shape index (κ1) is 12.3. The van der Waals surface area contributed by atoms with E-state index in [1.807, 2.05) is 0 Å². The normalized spacial score (nSPS) is 8.42. The van der Waals surface area contributed by atoms with Gasteiger partial charge in [0.05, 0.1) is 5.56 Å². The molecule has 12 heavy (non-hydrogen) atoms. The zero-order valence-corrected chi connectivity index (χ0v) is 9.94. The zero-order valence-electron chi connectivity index (χ0n) is 6.82. The minimum absolute atomic E-state index is 0. The van der Waals surface area contributed by atoms with Crippen LogP contribution in [0.3, 0.4) is 0 Å². The monoisotopic (exact) mass is 190 g/mol. The second-order valence-electron chi connectivity index (χ2n) is 1.92. The van der Waals surface area contributed by atoms with Crippen LogP contribution in [0.2, 0.25) is 0 Å². The molecule has 0 aliphatic carbocycles. The molecule has 0 saturated heterocycles. The van der Waals surface area contributed by atoms with Gasteiger partial charge in [0.15, 0.2) is 0 Å². The van der Waals surface area contributed by atoms with E-state index in [9.17, 15) is 9.90 Å². The van der Waals surface area contributed by atoms with Gasteiger partial charge in [-0.05, 0) is 12.1 Å². The molecule has 0 aromatic heterocycles. The zero-order chi connectivity index (χ0) is 8.10. The van der Waals surface area contributed by atoms with Crippen molar-refractivity contribution in [3.63, 3.8) is 0 Å². The molecule has 4 heteroatoms. The predicted octanol–water partition coefficient (Wildman–Crippen LogP) is -2.83. The van der Waals surface area contributed by atoms with Gasteiger partial charge in [-0.3, -0.25) is 0 Å². The molecule has 0 saturated carbocycles. The van der Waals surface area contributed by atoms with E-state index < -0.39 is 12.8 Å². The molecule has 0 amide bonds. The summed E-state index contributed by atoms with van der Waals surface area (Å²) in [5.41, 5.74) is 0.406. The molecule has 0 heterocycles. The van der Waals surface area contributed by atoms with Crippen molar-refractivity contribution in [1.29, 1.82) is 0 Å². The van der Waals surface area contributed by atoms with Gasteiger partial charge in [0.1, 0.15) is 0 Å². The number of esters is 1. The van der Waals surface area contributed by atoms with Crippen LogP contribution in [0.25, 0.3) is 0 Å². The standard InChI is InChI=1S/C8H7O3.K/c9-6-11-8(10)7-4-2-1-3-5-7;/h1-5H,6H2;/q-1;+1. The number of benzene rings is 1. The van der Waals surface area contributed by atoms with Crippen LogP contribution in [0, 0.1) is 0 Å². The van der Waals surface area contributed by atoms with Crippen LogP contribution in [0.1, 0.15) is 10.4 Å². The van der Waals surface area contributed by atoms with Gasteiger partial charge >= 0.3 is 57.4 Å². The van der Waals surface area contributed by atoms with E-state index >= 15 is 0 Å². The second kappa shape index (κ2) is 6.76. The largest absolute Gasteiger partial charge is 1.00 e. The third kappa shape index (κ3) is 3.80. The molecule has 0 N–H and O–H groups in total. The van der Waals surface area contributed by atoms with Crippen LogP contribution in [-0.4, -0.2) is 12.8 Å². The SMILES string of the molecule is O=C(OC[O-])c1ccccc1.[K+]. The molecular weight excluding hydrogens is 183 g/mol. The molecule has 0 radical (unpaired) electrons. The van der Waals surface area contributed by atoms with E-state index in [0.29, 0.717) is 5.56 Å². The van der Waals surface area contributed by atoms with Crippen LogP contribution < -0.4 is 56.5 Å². The van der Waals surface area contributed by atoms with Crippen LogP contribution in [0.5, 0.6) is 0 Å². The first-order valence-electron chi connectivity index (χ1n) is 3.15. The molecule has 1 aromatic rings. The molecule has 0 atom stereocenters. The van der Waals surface area contributed by atoms with Gasteiger partial charge in [-0.15, -0.1) is 0 Å². The van der Waals surface area contributed by atoms with E-state index in [4.69, 9.17) is 0 Å². The average Bonchev–Trinajstić information content (AvgIpc) is 2.07. The Morgan fingerprint density at radius 1 is 1.33 bits per heavy atom. The van der Waals surface area contributed by atoms with E-state index in [2.05, 4.69) is 4.74 Å². The molecule has 0 aliphatic rings. The molecule has 58 valence electrons. The molecule has 0 aliphatic heterocycles. The fraction of sp³-hybridized carbons (Fsp3) is 0.125. The van der Waals surface area contributed by atoms with Crippen molar-refractivity contribution < 1.29 is 66.0 Å². The third-order valence-electron chi connectivity index (χ3n) is 1.20. The molecule has 0 spiro atoms. The number of hydrogen-bond donors (Lipinski definition) is 0. The van der Waals surface area contributed by atoms with E-state index in [1.165, 1.54) is 0 Å². The van der Waals surface area contributed by atoms with Crippen LogP contribution in [0.15, 0.2) is 30.3 Å². The van der Waals surface area contributed by atoms with Gasteiger partial charge < -0.3 is 9.84 Å². The Hall–Kier alpha value is 0.286. The summed E-state index contributed by atoms with van der Waals surface area (Å²) < 4.78 is 4.23. The van der Waals surface area contributed by atoms with Crippen molar-refractivity contribution in [3.05, 3.63) is 35.9 Å².